The maximum atomic E-state index is 8.49. The number of ether oxygens (including phenoxy) is 2. The van der Waals surface area contributed by atoms with Crippen molar-refractivity contribution in [2.24, 2.45) is 0 Å². The van der Waals surface area contributed by atoms with Crippen LogP contribution in [0, 0.1) is 0 Å². The number of rotatable bonds is 6. The van der Waals surface area contributed by atoms with Crippen molar-refractivity contribution in [2.45, 2.75) is 25.4 Å². The van der Waals surface area contributed by atoms with Crippen LogP contribution in [0.5, 0.6) is 0 Å². The molecule has 0 spiro atoms. The number of nitrogens with one attached hydrogen (secondary N) is 1. The number of piperidine rings is 1. The second-order valence-corrected chi connectivity index (χ2v) is 3.88. The second-order valence-electron chi connectivity index (χ2n) is 3.88. The molecule has 0 bridgehead atoms. The molecule has 0 radical (unpaired) electrons. The molecule has 0 aromatic carbocycles. The molecule has 1 fully saturated rings. The van der Waals surface area contributed by atoms with Gasteiger partial charge in [0.25, 0.3) is 0 Å². The van der Waals surface area contributed by atoms with Gasteiger partial charge >= 0.3 is 0 Å². The SMILES string of the molecule is CC1(OCCOCCO)CCNCC1. The molecule has 1 saturated heterocycles. The molecule has 0 aromatic heterocycles. The van der Waals surface area contributed by atoms with Gasteiger partial charge in [-0.2, -0.15) is 0 Å². The summed E-state index contributed by atoms with van der Waals surface area (Å²) in [5, 5.41) is 11.8. The molecule has 0 unspecified atom stereocenters. The van der Waals surface area contributed by atoms with E-state index < -0.39 is 0 Å². The lowest BCUT2D eigenvalue weighted by molar-refractivity contribution is -0.0740. The monoisotopic (exact) mass is 203 g/mol. The Kier molecular flexibility index (Phi) is 5.40. The molecule has 1 rings (SSSR count). The lowest BCUT2D eigenvalue weighted by Gasteiger charge is -2.34. The van der Waals surface area contributed by atoms with Gasteiger partial charge in [0.05, 0.1) is 32.0 Å². The van der Waals surface area contributed by atoms with E-state index in [2.05, 4.69) is 12.2 Å². The quantitative estimate of drug-likeness (QED) is 0.604. The molecule has 2 N–H and O–H groups in total. The van der Waals surface area contributed by atoms with Crippen LogP contribution in [0.25, 0.3) is 0 Å². The molecule has 14 heavy (non-hydrogen) atoms. The molecule has 0 amide bonds. The lowest BCUT2D eigenvalue weighted by Crippen LogP contribution is -2.42. The molecule has 0 aliphatic carbocycles. The van der Waals surface area contributed by atoms with Crippen molar-refractivity contribution in [3.8, 4) is 0 Å². The van der Waals surface area contributed by atoms with E-state index in [1.807, 2.05) is 0 Å². The fourth-order valence-electron chi connectivity index (χ4n) is 1.61. The van der Waals surface area contributed by atoms with E-state index in [9.17, 15) is 0 Å². The fourth-order valence-corrected chi connectivity index (χ4v) is 1.61. The largest absolute Gasteiger partial charge is 0.394 e. The van der Waals surface area contributed by atoms with Gasteiger partial charge in [0, 0.05) is 0 Å². The Morgan fingerprint density at radius 2 is 1.93 bits per heavy atom. The van der Waals surface area contributed by atoms with Crippen LogP contribution in [-0.4, -0.2) is 50.2 Å². The standard InChI is InChI=1S/C10H21NO3/c1-10(2-4-11-5-3-10)14-9-8-13-7-6-12/h11-12H,2-9H2,1H3. The minimum atomic E-state index is 0.0217. The third-order valence-corrected chi connectivity index (χ3v) is 2.58. The summed E-state index contributed by atoms with van der Waals surface area (Å²) in [7, 11) is 0. The smallest absolute Gasteiger partial charge is 0.0707 e. The molecule has 0 atom stereocenters. The molecule has 1 aliphatic rings. The lowest BCUT2D eigenvalue weighted by atomic mass is 9.95. The van der Waals surface area contributed by atoms with Crippen LogP contribution in [0.15, 0.2) is 0 Å². The highest BCUT2D eigenvalue weighted by Gasteiger charge is 2.26. The molecule has 1 heterocycles. The predicted octanol–water partition coefficient (Wildman–Crippen LogP) is 0.154. The van der Waals surface area contributed by atoms with Crippen molar-refractivity contribution in [3.05, 3.63) is 0 Å². The van der Waals surface area contributed by atoms with Crippen LogP contribution >= 0.6 is 0 Å². The zero-order valence-electron chi connectivity index (χ0n) is 8.92. The van der Waals surface area contributed by atoms with Crippen LogP contribution < -0.4 is 5.32 Å². The van der Waals surface area contributed by atoms with E-state index in [1.54, 1.807) is 0 Å². The predicted molar refractivity (Wildman–Crippen MR) is 54.4 cm³/mol. The van der Waals surface area contributed by atoms with Crippen LogP contribution in [0.3, 0.4) is 0 Å². The van der Waals surface area contributed by atoms with E-state index in [-0.39, 0.29) is 12.2 Å². The van der Waals surface area contributed by atoms with Crippen molar-refractivity contribution in [3.63, 3.8) is 0 Å². The Bertz CT molecular complexity index is 146. The summed E-state index contributed by atoms with van der Waals surface area (Å²) >= 11 is 0. The summed E-state index contributed by atoms with van der Waals surface area (Å²) in [5.41, 5.74) is 0.0217. The summed E-state index contributed by atoms with van der Waals surface area (Å²) in [6, 6.07) is 0. The number of aliphatic hydroxyl groups is 1. The number of hydrogen-bond acceptors (Lipinski definition) is 4. The van der Waals surface area contributed by atoms with Gasteiger partial charge in [0.15, 0.2) is 0 Å². The third-order valence-electron chi connectivity index (χ3n) is 2.58. The molecular weight excluding hydrogens is 182 g/mol. The minimum Gasteiger partial charge on any atom is -0.394 e. The van der Waals surface area contributed by atoms with Crippen molar-refractivity contribution in [1.29, 1.82) is 0 Å². The first-order valence-corrected chi connectivity index (χ1v) is 5.30. The van der Waals surface area contributed by atoms with Gasteiger partial charge < -0.3 is 19.9 Å². The van der Waals surface area contributed by atoms with E-state index in [0.29, 0.717) is 19.8 Å². The van der Waals surface area contributed by atoms with Crippen molar-refractivity contribution < 1.29 is 14.6 Å². The molecule has 0 saturated carbocycles. The van der Waals surface area contributed by atoms with Gasteiger partial charge in [-0.25, -0.2) is 0 Å². The first-order chi connectivity index (χ1) is 6.77. The van der Waals surface area contributed by atoms with Gasteiger partial charge in [-0.1, -0.05) is 0 Å². The summed E-state index contributed by atoms with van der Waals surface area (Å²) in [4.78, 5) is 0. The maximum absolute atomic E-state index is 8.49. The van der Waals surface area contributed by atoms with Crippen molar-refractivity contribution in [1.82, 2.24) is 5.32 Å². The highest BCUT2D eigenvalue weighted by molar-refractivity contribution is 4.81. The van der Waals surface area contributed by atoms with Crippen LogP contribution in [0.4, 0.5) is 0 Å². The molecule has 4 heteroatoms. The minimum absolute atomic E-state index is 0.0217. The summed E-state index contributed by atoms with van der Waals surface area (Å²) in [6.07, 6.45) is 2.12. The number of hydrogen-bond donors (Lipinski definition) is 2. The summed E-state index contributed by atoms with van der Waals surface area (Å²) in [6.45, 7) is 5.91. The number of aliphatic hydroxyl groups excluding tert-OH is 1. The van der Waals surface area contributed by atoms with Gasteiger partial charge in [0.2, 0.25) is 0 Å². The Balaban J connectivity index is 2.03. The highest BCUT2D eigenvalue weighted by Crippen LogP contribution is 2.21. The van der Waals surface area contributed by atoms with Crippen LogP contribution in [0.1, 0.15) is 19.8 Å². The third kappa shape index (κ3) is 4.37. The van der Waals surface area contributed by atoms with Crippen molar-refractivity contribution in [2.75, 3.05) is 39.5 Å². The Morgan fingerprint density at radius 1 is 1.21 bits per heavy atom. The first-order valence-electron chi connectivity index (χ1n) is 5.30. The molecule has 4 nitrogen and oxygen atoms in total. The Hall–Kier alpha value is -0.160. The summed E-state index contributed by atoms with van der Waals surface area (Å²) in [5.74, 6) is 0. The van der Waals surface area contributed by atoms with Gasteiger partial charge in [-0.05, 0) is 32.9 Å². The maximum Gasteiger partial charge on any atom is 0.0707 e. The molecule has 84 valence electrons. The average molecular weight is 203 g/mol. The normalized spacial score (nSPS) is 21.0. The molecule has 0 aromatic rings. The summed E-state index contributed by atoms with van der Waals surface area (Å²) < 4.78 is 10.9. The Morgan fingerprint density at radius 3 is 2.57 bits per heavy atom. The van der Waals surface area contributed by atoms with E-state index in [1.165, 1.54) is 0 Å². The van der Waals surface area contributed by atoms with E-state index in [0.717, 1.165) is 25.9 Å². The molecular formula is C10H21NO3. The molecule has 1 aliphatic heterocycles. The average Bonchev–Trinajstić information content (AvgIpc) is 2.18. The van der Waals surface area contributed by atoms with Crippen molar-refractivity contribution >= 4 is 0 Å². The zero-order valence-corrected chi connectivity index (χ0v) is 8.92. The van der Waals surface area contributed by atoms with Crippen LogP contribution in [0.2, 0.25) is 0 Å². The first kappa shape index (κ1) is 11.9. The topological polar surface area (TPSA) is 50.7 Å². The van der Waals surface area contributed by atoms with E-state index >= 15 is 0 Å². The van der Waals surface area contributed by atoms with Gasteiger partial charge in [-0.15, -0.1) is 0 Å². The van der Waals surface area contributed by atoms with Gasteiger partial charge in [0.1, 0.15) is 0 Å². The fraction of sp³-hybridized carbons (Fsp3) is 1.00. The second kappa shape index (κ2) is 6.35. The Labute approximate surface area is 85.6 Å². The van der Waals surface area contributed by atoms with Gasteiger partial charge in [-0.3, -0.25) is 0 Å². The highest BCUT2D eigenvalue weighted by atomic mass is 16.5. The zero-order chi connectivity index (χ0) is 10.3. The van der Waals surface area contributed by atoms with E-state index in [4.69, 9.17) is 14.6 Å². The van der Waals surface area contributed by atoms with Crippen LogP contribution in [-0.2, 0) is 9.47 Å².